The lowest BCUT2D eigenvalue weighted by atomic mass is 10.3. The molecule has 8 nitrogen and oxygen atoms in total. The van der Waals surface area contributed by atoms with Gasteiger partial charge in [-0.15, -0.1) is 0 Å². The Morgan fingerprint density at radius 2 is 1.44 bits per heavy atom. The molecule has 4 aromatic rings. The molecule has 0 aliphatic heterocycles. The number of nitrogens with one attached hydrogen (secondary N) is 3. The molecule has 4 rings (SSSR count). The fraction of sp³-hybridized carbons (Fsp3) is 0.0833. The molecule has 0 aliphatic carbocycles. The zero-order valence-electron chi connectivity index (χ0n) is 18.4. The summed E-state index contributed by atoms with van der Waals surface area (Å²) in [5, 5.41) is 6.54. The van der Waals surface area contributed by atoms with E-state index in [0.717, 1.165) is 17.1 Å². The SMILES string of the molecule is COc1ccc(Nc2cc(C)nc(Nc3ccc(NS(=O)(=O)c4ccccc4Cl)cc3)n2)cc1. The molecule has 0 unspecified atom stereocenters. The van der Waals surface area contributed by atoms with Gasteiger partial charge in [0.25, 0.3) is 10.0 Å². The topological polar surface area (TPSA) is 105 Å². The van der Waals surface area contributed by atoms with Gasteiger partial charge in [0, 0.05) is 28.8 Å². The Hall–Kier alpha value is -3.82. The minimum Gasteiger partial charge on any atom is -0.497 e. The monoisotopic (exact) mass is 495 g/mol. The van der Waals surface area contributed by atoms with Crippen LogP contribution in [0.4, 0.5) is 28.8 Å². The third-order valence-electron chi connectivity index (χ3n) is 4.74. The van der Waals surface area contributed by atoms with Crippen LogP contribution >= 0.6 is 11.6 Å². The summed E-state index contributed by atoms with van der Waals surface area (Å²) >= 11 is 6.03. The van der Waals surface area contributed by atoms with Crippen LogP contribution < -0.4 is 20.1 Å². The molecule has 34 heavy (non-hydrogen) atoms. The van der Waals surface area contributed by atoms with Crippen molar-refractivity contribution in [2.75, 3.05) is 22.5 Å². The molecule has 0 saturated heterocycles. The predicted octanol–water partition coefficient (Wildman–Crippen LogP) is 5.74. The van der Waals surface area contributed by atoms with Crippen molar-refractivity contribution >= 4 is 50.5 Å². The molecule has 1 aromatic heterocycles. The summed E-state index contributed by atoms with van der Waals surface area (Å²) in [4.78, 5) is 8.95. The van der Waals surface area contributed by atoms with E-state index in [0.29, 0.717) is 23.1 Å². The van der Waals surface area contributed by atoms with Crippen molar-refractivity contribution in [3.63, 3.8) is 0 Å². The number of aromatic nitrogens is 2. The van der Waals surface area contributed by atoms with Gasteiger partial charge in [0.05, 0.1) is 12.1 Å². The number of methoxy groups -OCH3 is 1. The molecule has 0 amide bonds. The van der Waals surface area contributed by atoms with E-state index in [4.69, 9.17) is 16.3 Å². The van der Waals surface area contributed by atoms with E-state index >= 15 is 0 Å². The summed E-state index contributed by atoms with van der Waals surface area (Å²) in [6.45, 7) is 1.87. The molecule has 0 bridgehead atoms. The Balaban J connectivity index is 1.46. The van der Waals surface area contributed by atoms with Crippen LogP contribution in [0.15, 0.2) is 83.8 Å². The van der Waals surface area contributed by atoms with Crippen LogP contribution in [-0.2, 0) is 10.0 Å². The summed E-state index contributed by atoms with van der Waals surface area (Å²) in [6, 6.07) is 22.4. The number of rotatable bonds is 8. The number of benzene rings is 3. The molecule has 3 N–H and O–H groups in total. The second-order valence-corrected chi connectivity index (χ2v) is 9.37. The van der Waals surface area contributed by atoms with Crippen LogP contribution in [0.3, 0.4) is 0 Å². The third-order valence-corrected chi connectivity index (χ3v) is 6.62. The number of aryl methyl sites for hydroxylation is 1. The lowest BCUT2D eigenvalue weighted by molar-refractivity contribution is 0.415. The van der Waals surface area contributed by atoms with Gasteiger partial charge < -0.3 is 15.4 Å². The molecule has 1 heterocycles. The van der Waals surface area contributed by atoms with E-state index < -0.39 is 10.0 Å². The largest absolute Gasteiger partial charge is 0.497 e. The number of anilines is 5. The molecule has 0 radical (unpaired) electrons. The van der Waals surface area contributed by atoms with Crippen LogP contribution in [-0.4, -0.2) is 25.5 Å². The molecule has 3 aromatic carbocycles. The number of nitrogens with zero attached hydrogens (tertiary/aromatic N) is 2. The van der Waals surface area contributed by atoms with E-state index in [2.05, 4.69) is 25.3 Å². The first-order chi connectivity index (χ1) is 16.3. The Morgan fingerprint density at radius 3 is 2.12 bits per heavy atom. The molecular weight excluding hydrogens is 474 g/mol. The van der Waals surface area contributed by atoms with E-state index in [-0.39, 0.29) is 9.92 Å². The zero-order valence-corrected chi connectivity index (χ0v) is 20.0. The van der Waals surface area contributed by atoms with Gasteiger partial charge in [-0.2, -0.15) is 4.98 Å². The maximum Gasteiger partial charge on any atom is 0.263 e. The van der Waals surface area contributed by atoms with Gasteiger partial charge in [0.1, 0.15) is 16.5 Å². The first-order valence-corrected chi connectivity index (χ1v) is 12.1. The number of sulfonamides is 1. The van der Waals surface area contributed by atoms with Crippen LogP contribution in [0, 0.1) is 6.92 Å². The first-order valence-electron chi connectivity index (χ1n) is 10.2. The van der Waals surface area contributed by atoms with Crippen molar-refractivity contribution in [2.45, 2.75) is 11.8 Å². The van der Waals surface area contributed by atoms with Crippen molar-refractivity contribution in [1.29, 1.82) is 0 Å². The minimum absolute atomic E-state index is 0.0175. The summed E-state index contributed by atoms with van der Waals surface area (Å²) < 4.78 is 32.9. The van der Waals surface area contributed by atoms with Crippen molar-refractivity contribution < 1.29 is 13.2 Å². The lowest BCUT2D eigenvalue weighted by Crippen LogP contribution is -2.13. The Labute approximate surface area is 203 Å². The minimum atomic E-state index is -3.80. The molecule has 0 fully saturated rings. The van der Waals surface area contributed by atoms with Gasteiger partial charge in [-0.25, -0.2) is 13.4 Å². The van der Waals surface area contributed by atoms with Crippen LogP contribution in [0.25, 0.3) is 0 Å². The highest BCUT2D eigenvalue weighted by Crippen LogP contribution is 2.25. The third kappa shape index (κ3) is 5.75. The van der Waals surface area contributed by atoms with Gasteiger partial charge in [-0.1, -0.05) is 23.7 Å². The Kier molecular flexibility index (Phi) is 6.85. The highest BCUT2D eigenvalue weighted by atomic mass is 35.5. The molecule has 0 aliphatic rings. The normalized spacial score (nSPS) is 11.0. The lowest BCUT2D eigenvalue weighted by Gasteiger charge is -2.12. The molecule has 0 atom stereocenters. The average Bonchev–Trinajstić information content (AvgIpc) is 2.80. The van der Waals surface area contributed by atoms with E-state index in [1.807, 2.05) is 37.3 Å². The van der Waals surface area contributed by atoms with Crippen LogP contribution in [0.1, 0.15) is 5.69 Å². The zero-order chi connectivity index (χ0) is 24.1. The summed E-state index contributed by atoms with van der Waals surface area (Å²) in [5.41, 5.74) is 2.73. The summed E-state index contributed by atoms with van der Waals surface area (Å²) in [5.74, 6) is 1.80. The second kappa shape index (κ2) is 9.98. The highest BCUT2D eigenvalue weighted by molar-refractivity contribution is 7.92. The standard InChI is InChI=1S/C24H22ClN5O3S/c1-16-15-23(27-17-11-13-20(33-2)14-12-17)29-24(26-16)28-18-7-9-19(10-8-18)30-34(31,32)22-6-4-3-5-21(22)25/h3-15,30H,1-2H3,(H2,26,27,28,29). The number of ether oxygens (including phenoxy) is 1. The van der Waals surface area contributed by atoms with Crippen molar-refractivity contribution in [1.82, 2.24) is 9.97 Å². The molecule has 0 spiro atoms. The maximum absolute atomic E-state index is 12.6. The number of halogens is 1. The smallest absolute Gasteiger partial charge is 0.263 e. The van der Waals surface area contributed by atoms with E-state index in [1.165, 1.54) is 12.1 Å². The average molecular weight is 496 g/mol. The Morgan fingerprint density at radius 1 is 0.824 bits per heavy atom. The van der Waals surface area contributed by atoms with Gasteiger partial charge in [-0.3, -0.25) is 4.72 Å². The number of hydrogen-bond donors (Lipinski definition) is 3. The fourth-order valence-electron chi connectivity index (χ4n) is 3.13. The van der Waals surface area contributed by atoms with Crippen molar-refractivity contribution in [3.05, 3.63) is 89.6 Å². The summed E-state index contributed by atoms with van der Waals surface area (Å²) in [7, 11) is -2.18. The Bertz CT molecular complexity index is 1400. The predicted molar refractivity (Wildman–Crippen MR) is 135 cm³/mol. The second-order valence-electron chi connectivity index (χ2n) is 7.31. The number of hydrogen-bond acceptors (Lipinski definition) is 7. The van der Waals surface area contributed by atoms with Gasteiger partial charge >= 0.3 is 0 Å². The summed E-state index contributed by atoms with van der Waals surface area (Å²) in [6.07, 6.45) is 0. The van der Waals surface area contributed by atoms with Gasteiger partial charge in [0.15, 0.2) is 0 Å². The molecular formula is C24H22ClN5O3S. The molecule has 174 valence electrons. The fourth-order valence-corrected chi connectivity index (χ4v) is 4.71. The first kappa shape index (κ1) is 23.3. The van der Waals surface area contributed by atoms with E-state index in [9.17, 15) is 8.42 Å². The van der Waals surface area contributed by atoms with Gasteiger partial charge in [0.2, 0.25) is 5.95 Å². The molecule has 0 saturated carbocycles. The van der Waals surface area contributed by atoms with Crippen LogP contribution in [0.5, 0.6) is 5.75 Å². The maximum atomic E-state index is 12.6. The van der Waals surface area contributed by atoms with Crippen molar-refractivity contribution in [3.8, 4) is 5.75 Å². The van der Waals surface area contributed by atoms with Gasteiger partial charge in [-0.05, 0) is 67.6 Å². The quantitative estimate of drug-likeness (QED) is 0.286. The molecule has 10 heteroatoms. The highest BCUT2D eigenvalue weighted by Gasteiger charge is 2.17. The van der Waals surface area contributed by atoms with Crippen molar-refractivity contribution in [2.24, 2.45) is 0 Å². The van der Waals surface area contributed by atoms with E-state index in [1.54, 1.807) is 43.5 Å². The van der Waals surface area contributed by atoms with Crippen LogP contribution in [0.2, 0.25) is 5.02 Å².